The summed E-state index contributed by atoms with van der Waals surface area (Å²) in [5.74, 6) is -1.73. The molecule has 2 unspecified atom stereocenters. The molecule has 59 heavy (non-hydrogen) atoms. The van der Waals surface area contributed by atoms with E-state index in [4.69, 9.17) is 14.2 Å². The Balaban J connectivity index is 4.08. The van der Waals surface area contributed by atoms with Crippen LogP contribution in [0, 0.1) is 0 Å². The minimum atomic E-state index is -1.12. The zero-order chi connectivity index (χ0) is 43.5. The molecule has 0 aliphatic carbocycles. The van der Waals surface area contributed by atoms with E-state index in [2.05, 4.69) is 26.0 Å². The fourth-order valence-electron chi connectivity index (χ4n) is 7.70. The van der Waals surface area contributed by atoms with Gasteiger partial charge in [-0.05, 0) is 32.1 Å². The first-order valence-electron chi connectivity index (χ1n) is 25.2. The predicted molar refractivity (Wildman–Crippen MR) is 245 cm³/mol. The van der Waals surface area contributed by atoms with Crippen molar-refractivity contribution < 1.29 is 38.2 Å². The van der Waals surface area contributed by atoms with E-state index in [1.54, 1.807) is 21.1 Å². The lowest BCUT2D eigenvalue weighted by Gasteiger charge is -2.34. The summed E-state index contributed by atoms with van der Waals surface area (Å²) in [6.07, 6.45) is 46.8. The molecule has 0 amide bonds. The second kappa shape index (κ2) is 42.7. The number of allylic oxidation sites excluding steroid dienone is 2. The third-order valence-corrected chi connectivity index (χ3v) is 11.7. The number of nitrogens with zero attached hydrogens (tertiary/aromatic N) is 1. The summed E-state index contributed by atoms with van der Waals surface area (Å²) in [7, 11) is 5.41. The molecule has 0 N–H and O–H groups in total. The molecular weight excluding hydrogens is 739 g/mol. The highest BCUT2D eigenvalue weighted by Crippen LogP contribution is 2.17. The Bertz CT molecular complexity index is 978. The molecule has 0 heterocycles. The van der Waals surface area contributed by atoms with Crippen molar-refractivity contribution in [2.45, 2.75) is 257 Å². The van der Waals surface area contributed by atoms with E-state index < -0.39 is 18.1 Å². The Morgan fingerprint density at radius 2 is 0.864 bits per heavy atom. The number of quaternary nitrogens is 1. The van der Waals surface area contributed by atoms with Gasteiger partial charge in [-0.1, -0.05) is 206 Å². The van der Waals surface area contributed by atoms with Gasteiger partial charge in [-0.3, -0.25) is 9.59 Å². The molecule has 0 fully saturated rings. The molecule has 2 atom stereocenters. The maximum atomic E-state index is 12.7. The number of likely N-dealkylation sites (N-methyl/N-ethyl adjacent to an activating group) is 1. The van der Waals surface area contributed by atoms with Crippen LogP contribution in [0.15, 0.2) is 12.2 Å². The SMILES string of the molecule is CCCC/C=C\CCCCCCCC(=O)OC(COCCC(C(=O)[O-])[N+](C)(C)C)COC(=O)CCCCCCCCCCCCCCCCCCCCCCCCCC. The minimum absolute atomic E-state index is 0.0428. The van der Waals surface area contributed by atoms with Crippen LogP contribution in [0.5, 0.6) is 0 Å². The lowest BCUT2D eigenvalue weighted by atomic mass is 10.0. The first-order chi connectivity index (χ1) is 28.6. The molecule has 348 valence electrons. The van der Waals surface area contributed by atoms with Crippen LogP contribution in [0.1, 0.15) is 245 Å². The van der Waals surface area contributed by atoms with Crippen molar-refractivity contribution in [1.82, 2.24) is 0 Å². The average molecular weight is 836 g/mol. The van der Waals surface area contributed by atoms with Gasteiger partial charge < -0.3 is 28.6 Å². The first kappa shape index (κ1) is 57.1. The Kier molecular flexibility index (Phi) is 41.3. The molecule has 0 saturated heterocycles. The van der Waals surface area contributed by atoms with Crippen molar-refractivity contribution in [2.75, 3.05) is 41.0 Å². The van der Waals surface area contributed by atoms with Gasteiger partial charge in [0, 0.05) is 19.3 Å². The Hall–Kier alpha value is -1.93. The molecular formula is C51H97NO7. The Morgan fingerprint density at radius 1 is 0.492 bits per heavy atom. The predicted octanol–water partition coefficient (Wildman–Crippen LogP) is 12.9. The van der Waals surface area contributed by atoms with Crippen LogP contribution in [0.4, 0.5) is 0 Å². The van der Waals surface area contributed by atoms with Crippen LogP contribution in [0.2, 0.25) is 0 Å². The smallest absolute Gasteiger partial charge is 0.306 e. The maximum absolute atomic E-state index is 12.7. The van der Waals surface area contributed by atoms with Crippen molar-refractivity contribution >= 4 is 17.9 Å². The van der Waals surface area contributed by atoms with E-state index >= 15 is 0 Å². The van der Waals surface area contributed by atoms with Gasteiger partial charge >= 0.3 is 11.9 Å². The quantitative estimate of drug-likeness (QED) is 0.0260. The number of carbonyl (C=O) groups is 3. The highest BCUT2D eigenvalue weighted by Gasteiger charge is 2.25. The average Bonchev–Trinajstić information content (AvgIpc) is 3.19. The number of hydrogen-bond acceptors (Lipinski definition) is 7. The van der Waals surface area contributed by atoms with Gasteiger partial charge in [0.1, 0.15) is 12.6 Å². The van der Waals surface area contributed by atoms with Crippen molar-refractivity contribution in [3.63, 3.8) is 0 Å². The molecule has 8 nitrogen and oxygen atoms in total. The van der Waals surface area contributed by atoms with Gasteiger partial charge in [0.05, 0.1) is 40.3 Å². The van der Waals surface area contributed by atoms with Gasteiger partial charge in [-0.25, -0.2) is 0 Å². The van der Waals surface area contributed by atoms with Gasteiger partial charge in [0.2, 0.25) is 0 Å². The normalized spacial score (nSPS) is 12.9. The van der Waals surface area contributed by atoms with Gasteiger partial charge in [0.25, 0.3) is 0 Å². The van der Waals surface area contributed by atoms with Crippen LogP contribution in [0.25, 0.3) is 0 Å². The number of hydrogen-bond donors (Lipinski definition) is 0. The third kappa shape index (κ3) is 41.2. The highest BCUT2D eigenvalue weighted by molar-refractivity contribution is 5.70. The monoisotopic (exact) mass is 836 g/mol. The number of carboxylic acid groups (broad SMARTS) is 1. The molecule has 0 radical (unpaired) electrons. The lowest BCUT2D eigenvalue weighted by molar-refractivity contribution is -0.889. The van der Waals surface area contributed by atoms with Crippen molar-refractivity contribution in [2.24, 2.45) is 0 Å². The summed E-state index contributed by atoms with van der Waals surface area (Å²) < 4.78 is 17.2. The molecule has 0 aliphatic rings. The van der Waals surface area contributed by atoms with Crippen LogP contribution in [-0.2, 0) is 28.6 Å². The summed E-state index contributed by atoms with van der Waals surface area (Å²) in [5.41, 5.74) is 0. The number of rotatable bonds is 46. The molecule has 0 aliphatic heterocycles. The standard InChI is InChI=1S/C51H97NO7/c1-6-8-10-12-14-16-18-19-20-21-22-23-24-25-26-27-28-29-30-32-33-35-37-39-41-49(53)58-46-47(45-57-44-43-48(51(55)56)52(3,4)5)59-50(54)42-40-38-36-34-31-17-15-13-11-9-7-2/h13,15,47-48H,6-12,14,16-46H2,1-5H3/b15-13-. The molecule has 8 heteroatoms. The number of unbranched alkanes of at least 4 members (excludes halogenated alkanes) is 30. The van der Waals surface area contributed by atoms with E-state index in [9.17, 15) is 19.5 Å². The largest absolute Gasteiger partial charge is 0.544 e. The highest BCUT2D eigenvalue weighted by atomic mass is 16.6. The van der Waals surface area contributed by atoms with E-state index in [1.165, 1.54) is 161 Å². The molecule has 0 bridgehead atoms. The second-order valence-corrected chi connectivity index (χ2v) is 18.4. The van der Waals surface area contributed by atoms with Crippen molar-refractivity contribution in [3.8, 4) is 0 Å². The van der Waals surface area contributed by atoms with Gasteiger partial charge in [-0.15, -0.1) is 0 Å². The van der Waals surface area contributed by atoms with E-state index in [1.807, 2.05) is 0 Å². The zero-order valence-electron chi connectivity index (χ0n) is 39.7. The number of esters is 2. The van der Waals surface area contributed by atoms with Crippen molar-refractivity contribution in [3.05, 3.63) is 12.2 Å². The molecule has 0 aromatic carbocycles. The molecule has 0 aromatic rings. The zero-order valence-corrected chi connectivity index (χ0v) is 39.7. The summed E-state index contributed by atoms with van der Waals surface area (Å²) in [6.45, 7) is 4.65. The summed E-state index contributed by atoms with van der Waals surface area (Å²) in [4.78, 5) is 36.9. The summed E-state index contributed by atoms with van der Waals surface area (Å²) in [6, 6.07) is -0.723. The Labute approximate surface area is 365 Å². The minimum Gasteiger partial charge on any atom is -0.544 e. The third-order valence-electron chi connectivity index (χ3n) is 11.7. The van der Waals surface area contributed by atoms with Crippen LogP contribution in [0.3, 0.4) is 0 Å². The topological polar surface area (TPSA) is 102 Å². The Morgan fingerprint density at radius 3 is 1.27 bits per heavy atom. The molecule has 0 spiro atoms. The van der Waals surface area contributed by atoms with Crippen LogP contribution in [-0.4, -0.2) is 75.5 Å². The van der Waals surface area contributed by atoms with Crippen molar-refractivity contribution in [1.29, 1.82) is 0 Å². The van der Waals surface area contributed by atoms with Crippen LogP contribution >= 0.6 is 0 Å². The first-order valence-corrected chi connectivity index (χ1v) is 25.2. The number of carbonyl (C=O) groups excluding carboxylic acids is 3. The van der Waals surface area contributed by atoms with Gasteiger partial charge in [0.15, 0.2) is 6.10 Å². The molecule has 0 rings (SSSR count). The van der Waals surface area contributed by atoms with E-state index in [0.717, 1.165) is 51.4 Å². The molecule has 0 aromatic heterocycles. The number of carboxylic acids is 1. The maximum Gasteiger partial charge on any atom is 0.306 e. The molecule has 0 saturated carbocycles. The number of ether oxygens (including phenoxy) is 3. The lowest BCUT2D eigenvalue weighted by Crippen LogP contribution is -2.55. The summed E-state index contributed by atoms with van der Waals surface area (Å²) in [5, 5.41) is 11.6. The summed E-state index contributed by atoms with van der Waals surface area (Å²) >= 11 is 0. The fourth-order valence-corrected chi connectivity index (χ4v) is 7.70. The second-order valence-electron chi connectivity index (χ2n) is 18.4. The van der Waals surface area contributed by atoms with E-state index in [-0.39, 0.29) is 42.7 Å². The van der Waals surface area contributed by atoms with E-state index in [0.29, 0.717) is 12.8 Å². The van der Waals surface area contributed by atoms with Gasteiger partial charge in [-0.2, -0.15) is 0 Å². The van der Waals surface area contributed by atoms with Crippen LogP contribution < -0.4 is 5.11 Å². The fraction of sp³-hybridized carbons (Fsp3) is 0.902. The number of aliphatic carboxylic acids is 1.